The zero-order valence-electron chi connectivity index (χ0n) is 21.5. The Morgan fingerprint density at radius 1 is 0.375 bits per heavy atom. The molecule has 0 fully saturated rings. The molecule has 186 valence electrons. The van der Waals surface area contributed by atoms with Crippen molar-refractivity contribution in [2.45, 2.75) is 0 Å². The number of fused-ring (bicyclic) bond motifs is 8. The second kappa shape index (κ2) is 8.50. The van der Waals surface area contributed by atoms with E-state index in [4.69, 9.17) is 0 Å². The average Bonchev–Trinajstić information content (AvgIpc) is 3.64. The number of benzene rings is 7. The molecule has 0 N–H and O–H groups in total. The predicted octanol–water partition coefficient (Wildman–Crippen LogP) is 12.1. The molecular weight excluding hydrogens is 521 g/mol. The Bertz CT molecular complexity index is 2380. The normalized spacial score (nSPS) is 12.0. The van der Waals surface area contributed by atoms with Crippen molar-refractivity contribution < 1.29 is 0 Å². The molecule has 0 unspecified atom stereocenters. The van der Waals surface area contributed by atoms with Crippen LogP contribution in [0.2, 0.25) is 0 Å². The van der Waals surface area contributed by atoms with E-state index < -0.39 is 0 Å². The molecule has 0 radical (unpaired) electrons. The smallest absolute Gasteiger partial charge is 0.0442 e. The van der Waals surface area contributed by atoms with Gasteiger partial charge in [-0.2, -0.15) is 0 Å². The highest BCUT2D eigenvalue weighted by atomic mass is 32.1. The summed E-state index contributed by atoms with van der Waals surface area (Å²) < 4.78 is 4.10. The van der Waals surface area contributed by atoms with E-state index in [1.807, 2.05) is 22.7 Å². The van der Waals surface area contributed by atoms with E-state index in [-0.39, 0.29) is 0 Å². The van der Waals surface area contributed by atoms with Crippen LogP contribution in [0.5, 0.6) is 0 Å². The minimum Gasteiger partial charge on any atom is -0.144 e. The molecule has 0 saturated carbocycles. The van der Waals surface area contributed by atoms with Gasteiger partial charge in [0, 0.05) is 30.3 Å². The molecule has 0 spiro atoms. The van der Waals surface area contributed by atoms with Crippen molar-refractivity contribution in [2.24, 2.45) is 0 Å². The Labute approximate surface area is 239 Å². The molecule has 0 saturated heterocycles. The van der Waals surface area contributed by atoms with Gasteiger partial charge in [-0.05, 0) is 90.3 Å². The van der Waals surface area contributed by atoms with Crippen LogP contribution in [0, 0.1) is 0 Å². The van der Waals surface area contributed by atoms with Gasteiger partial charge >= 0.3 is 0 Å². The molecule has 0 aliphatic heterocycles. The summed E-state index contributed by atoms with van der Waals surface area (Å²) in [5.41, 5.74) is 5.16. The standard InChI is InChI=1S/C38H22S2/c1-2-8-24-21-25(14-13-23(24)7-1)36-27-9-3-5-11-29(27)37(30-12-6-4-10-28(30)36)26-15-17-35-33(22-26)31-16-18-34-32(19-20-39-34)38(31)40-35/h1-22H. The molecule has 2 aromatic heterocycles. The molecule has 7 aromatic carbocycles. The number of hydrogen-bond donors (Lipinski definition) is 0. The highest BCUT2D eigenvalue weighted by molar-refractivity contribution is 7.27. The Balaban J connectivity index is 1.37. The molecule has 0 amide bonds. The van der Waals surface area contributed by atoms with Gasteiger partial charge in [0.2, 0.25) is 0 Å². The lowest BCUT2D eigenvalue weighted by molar-refractivity contribution is 1.69. The fraction of sp³-hybridized carbons (Fsp3) is 0. The molecule has 2 heterocycles. The fourth-order valence-corrected chi connectivity index (χ4v) is 8.60. The number of hydrogen-bond acceptors (Lipinski definition) is 2. The van der Waals surface area contributed by atoms with E-state index in [0.29, 0.717) is 0 Å². The second-order valence-electron chi connectivity index (χ2n) is 10.5. The third-order valence-corrected chi connectivity index (χ3v) is 10.4. The maximum absolute atomic E-state index is 2.43. The molecule has 2 heteroatoms. The van der Waals surface area contributed by atoms with Crippen molar-refractivity contribution in [2.75, 3.05) is 0 Å². The second-order valence-corrected chi connectivity index (χ2v) is 12.5. The van der Waals surface area contributed by atoms with Gasteiger partial charge in [-0.25, -0.2) is 0 Å². The lowest BCUT2D eigenvalue weighted by atomic mass is 9.85. The molecule has 0 aliphatic rings. The molecule has 0 atom stereocenters. The number of thiophene rings is 2. The minimum absolute atomic E-state index is 1.26. The van der Waals surface area contributed by atoms with Crippen LogP contribution in [0.4, 0.5) is 0 Å². The van der Waals surface area contributed by atoms with Crippen molar-refractivity contribution in [3.63, 3.8) is 0 Å². The Morgan fingerprint density at radius 2 is 0.975 bits per heavy atom. The summed E-state index contributed by atoms with van der Waals surface area (Å²) in [6.07, 6.45) is 0. The van der Waals surface area contributed by atoms with Gasteiger partial charge in [0.15, 0.2) is 0 Å². The van der Waals surface area contributed by atoms with Crippen LogP contribution in [0.3, 0.4) is 0 Å². The number of rotatable bonds is 2. The van der Waals surface area contributed by atoms with Crippen LogP contribution in [0.25, 0.3) is 84.8 Å². The molecular formula is C38H22S2. The zero-order valence-corrected chi connectivity index (χ0v) is 23.2. The third-order valence-electron chi connectivity index (χ3n) is 8.33. The Hall–Kier alpha value is -4.50. The zero-order chi connectivity index (χ0) is 26.2. The highest BCUT2D eigenvalue weighted by Crippen LogP contribution is 2.46. The van der Waals surface area contributed by atoms with Gasteiger partial charge in [0.05, 0.1) is 0 Å². The monoisotopic (exact) mass is 542 g/mol. The largest absolute Gasteiger partial charge is 0.144 e. The molecule has 9 rings (SSSR count). The van der Waals surface area contributed by atoms with Crippen molar-refractivity contribution in [1.82, 2.24) is 0 Å². The summed E-state index contributed by atoms with van der Waals surface area (Å²) in [5, 5.41) is 14.0. The van der Waals surface area contributed by atoms with E-state index in [2.05, 4.69) is 133 Å². The molecule has 0 aliphatic carbocycles. The van der Waals surface area contributed by atoms with Crippen LogP contribution in [0.1, 0.15) is 0 Å². The third kappa shape index (κ3) is 3.18. The van der Waals surface area contributed by atoms with Crippen LogP contribution in [0.15, 0.2) is 133 Å². The van der Waals surface area contributed by atoms with Crippen molar-refractivity contribution in [3.8, 4) is 22.3 Å². The summed E-state index contributed by atoms with van der Waals surface area (Å²) in [4.78, 5) is 0. The van der Waals surface area contributed by atoms with Gasteiger partial charge < -0.3 is 0 Å². The predicted molar refractivity (Wildman–Crippen MR) is 178 cm³/mol. The SMILES string of the molecule is c1ccc2cc(-c3c4ccccc4c(-c4ccc5sc6c7ccsc7ccc6c5c4)c4ccccc34)ccc2c1. The summed E-state index contributed by atoms with van der Waals surface area (Å²) in [5.74, 6) is 0. The van der Waals surface area contributed by atoms with Crippen molar-refractivity contribution >= 4 is 85.2 Å². The molecule has 9 aromatic rings. The summed E-state index contributed by atoms with van der Waals surface area (Å²) >= 11 is 3.74. The average molecular weight is 543 g/mol. The molecule has 0 nitrogen and oxygen atoms in total. The van der Waals surface area contributed by atoms with E-state index in [9.17, 15) is 0 Å². The molecule has 40 heavy (non-hydrogen) atoms. The van der Waals surface area contributed by atoms with Crippen molar-refractivity contribution in [3.05, 3.63) is 133 Å². The maximum Gasteiger partial charge on any atom is 0.0442 e. The van der Waals surface area contributed by atoms with Gasteiger partial charge in [0.1, 0.15) is 0 Å². The minimum atomic E-state index is 1.26. The van der Waals surface area contributed by atoms with Gasteiger partial charge in [0.25, 0.3) is 0 Å². The van der Waals surface area contributed by atoms with E-state index in [0.717, 1.165) is 0 Å². The van der Waals surface area contributed by atoms with Gasteiger partial charge in [-0.3, -0.25) is 0 Å². The van der Waals surface area contributed by atoms with Gasteiger partial charge in [-0.1, -0.05) is 97.1 Å². The van der Waals surface area contributed by atoms with E-state index in [1.165, 1.54) is 84.8 Å². The summed E-state index contributed by atoms with van der Waals surface area (Å²) in [6, 6.07) is 47.3. The fourth-order valence-electron chi connectivity index (χ4n) is 6.53. The molecule has 0 bridgehead atoms. The quantitative estimate of drug-likeness (QED) is 0.191. The summed E-state index contributed by atoms with van der Waals surface area (Å²) in [7, 11) is 0. The maximum atomic E-state index is 2.43. The summed E-state index contributed by atoms with van der Waals surface area (Å²) in [6.45, 7) is 0. The first-order chi connectivity index (χ1) is 19.8. The highest BCUT2D eigenvalue weighted by Gasteiger charge is 2.18. The first-order valence-corrected chi connectivity index (χ1v) is 15.3. The van der Waals surface area contributed by atoms with Crippen molar-refractivity contribution in [1.29, 1.82) is 0 Å². The lowest BCUT2D eigenvalue weighted by Gasteiger charge is -2.18. The first kappa shape index (κ1) is 22.3. The topological polar surface area (TPSA) is 0 Å². The van der Waals surface area contributed by atoms with Crippen LogP contribution in [-0.4, -0.2) is 0 Å². The van der Waals surface area contributed by atoms with Crippen LogP contribution >= 0.6 is 22.7 Å². The Morgan fingerprint density at radius 3 is 1.70 bits per heavy atom. The van der Waals surface area contributed by atoms with Crippen LogP contribution in [-0.2, 0) is 0 Å². The van der Waals surface area contributed by atoms with Gasteiger partial charge in [-0.15, -0.1) is 22.7 Å². The Kier molecular flexibility index (Phi) is 4.74. The van der Waals surface area contributed by atoms with E-state index >= 15 is 0 Å². The lowest BCUT2D eigenvalue weighted by Crippen LogP contribution is -1.91. The van der Waals surface area contributed by atoms with Crippen LogP contribution < -0.4 is 0 Å². The first-order valence-electron chi connectivity index (χ1n) is 13.6. The van der Waals surface area contributed by atoms with E-state index in [1.54, 1.807) is 0 Å².